The monoisotopic (exact) mass is 260 g/mol. The van der Waals surface area contributed by atoms with E-state index in [4.69, 9.17) is 10.5 Å². The van der Waals surface area contributed by atoms with Crippen molar-refractivity contribution < 1.29 is 9.53 Å². The lowest BCUT2D eigenvalue weighted by atomic mass is 10.2. The van der Waals surface area contributed by atoms with Crippen molar-refractivity contribution in [1.82, 2.24) is 15.0 Å². The Balaban J connectivity index is 2.35. The predicted octanol–water partition coefficient (Wildman–Crippen LogP) is 1.72. The number of hydrogen-bond donors (Lipinski definition) is 1. The fraction of sp³-hybridized carbons (Fsp3) is 0.308. The van der Waals surface area contributed by atoms with E-state index in [1.165, 1.54) is 4.68 Å². The minimum absolute atomic E-state index is 0.0372. The highest BCUT2D eigenvalue weighted by molar-refractivity contribution is 5.92. The summed E-state index contributed by atoms with van der Waals surface area (Å²) in [5.74, 6) is -0.386. The SMILES string of the molecule is Cc1cccc(-n2nnc(C(=O)OC(C)C)c2N)c1. The third-order valence-electron chi connectivity index (χ3n) is 2.49. The first kappa shape index (κ1) is 13.1. The molecule has 2 N–H and O–H groups in total. The molecule has 2 rings (SSSR count). The average Bonchev–Trinajstić information content (AvgIpc) is 2.70. The van der Waals surface area contributed by atoms with Crippen molar-refractivity contribution in [1.29, 1.82) is 0 Å². The Morgan fingerprint density at radius 1 is 1.42 bits per heavy atom. The van der Waals surface area contributed by atoms with Gasteiger partial charge >= 0.3 is 5.97 Å². The fourth-order valence-electron chi connectivity index (χ4n) is 1.65. The first-order chi connectivity index (χ1) is 8.99. The number of nitrogens with two attached hydrogens (primary N) is 1. The number of benzene rings is 1. The van der Waals surface area contributed by atoms with E-state index in [2.05, 4.69) is 10.3 Å². The Kier molecular flexibility index (Phi) is 3.50. The normalized spacial score (nSPS) is 10.7. The smallest absolute Gasteiger partial charge is 0.363 e. The van der Waals surface area contributed by atoms with Crippen molar-refractivity contribution in [2.45, 2.75) is 26.9 Å². The van der Waals surface area contributed by atoms with E-state index in [0.29, 0.717) is 0 Å². The molecule has 0 radical (unpaired) electrons. The van der Waals surface area contributed by atoms with Crippen molar-refractivity contribution in [3.63, 3.8) is 0 Å². The minimum atomic E-state index is -0.564. The van der Waals surface area contributed by atoms with Gasteiger partial charge in [0.05, 0.1) is 11.8 Å². The molecule has 1 heterocycles. The lowest BCUT2D eigenvalue weighted by Gasteiger charge is -2.06. The molecule has 6 nitrogen and oxygen atoms in total. The van der Waals surface area contributed by atoms with Crippen LogP contribution in [-0.4, -0.2) is 27.1 Å². The number of aromatic nitrogens is 3. The van der Waals surface area contributed by atoms with Gasteiger partial charge in [-0.15, -0.1) is 5.10 Å². The van der Waals surface area contributed by atoms with Crippen LogP contribution in [0.4, 0.5) is 5.82 Å². The second-order valence-corrected chi connectivity index (χ2v) is 4.53. The summed E-state index contributed by atoms with van der Waals surface area (Å²) < 4.78 is 6.48. The number of aryl methyl sites for hydroxylation is 1. The maximum Gasteiger partial charge on any atom is 0.363 e. The molecular formula is C13H16N4O2. The minimum Gasteiger partial charge on any atom is -0.458 e. The van der Waals surface area contributed by atoms with Crippen LogP contribution in [0.5, 0.6) is 0 Å². The predicted molar refractivity (Wildman–Crippen MR) is 71.1 cm³/mol. The van der Waals surface area contributed by atoms with Gasteiger partial charge in [-0.05, 0) is 38.5 Å². The molecular weight excluding hydrogens is 244 g/mol. The van der Waals surface area contributed by atoms with Crippen molar-refractivity contribution in [3.8, 4) is 5.69 Å². The first-order valence-electron chi connectivity index (χ1n) is 5.98. The van der Waals surface area contributed by atoms with Gasteiger partial charge in [0.2, 0.25) is 5.69 Å². The van der Waals surface area contributed by atoms with Gasteiger partial charge in [0.25, 0.3) is 0 Å². The second-order valence-electron chi connectivity index (χ2n) is 4.53. The van der Waals surface area contributed by atoms with Crippen molar-refractivity contribution in [3.05, 3.63) is 35.5 Å². The number of nitrogen functional groups attached to an aromatic ring is 1. The number of nitrogens with zero attached hydrogens (tertiary/aromatic N) is 3. The topological polar surface area (TPSA) is 83.0 Å². The van der Waals surface area contributed by atoms with Gasteiger partial charge in [-0.2, -0.15) is 4.68 Å². The Morgan fingerprint density at radius 3 is 2.79 bits per heavy atom. The zero-order valence-electron chi connectivity index (χ0n) is 11.1. The Bertz CT molecular complexity index is 604. The van der Waals surface area contributed by atoms with E-state index >= 15 is 0 Å². The summed E-state index contributed by atoms with van der Waals surface area (Å²) in [5.41, 5.74) is 7.76. The quantitative estimate of drug-likeness (QED) is 0.849. The molecule has 0 amide bonds. The van der Waals surface area contributed by atoms with Crippen LogP contribution in [0.15, 0.2) is 24.3 Å². The third-order valence-corrected chi connectivity index (χ3v) is 2.49. The maximum atomic E-state index is 11.8. The molecule has 0 saturated heterocycles. The van der Waals surface area contributed by atoms with Crippen LogP contribution in [0.2, 0.25) is 0 Å². The number of anilines is 1. The molecule has 0 bridgehead atoms. The van der Waals surface area contributed by atoms with Gasteiger partial charge < -0.3 is 10.5 Å². The molecule has 0 aliphatic rings. The molecule has 0 atom stereocenters. The summed E-state index contributed by atoms with van der Waals surface area (Å²) in [6.07, 6.45) is -0.226. The largest absolute Gasteiger partial charge is 0.458 e. The van der Waals surface area contributed by atoms with Gasteiger partial charge in [0.15, 0.2) is 5.82 Å². The lowest BCUT2D eigenvalue weighted by molar-refractivity contribution is 0.0372. The van der Waals surface area contributed by atoms with E-state index in [-0.39, 0.29) is 17.6 Å². The van der Waals surface area contributed by atoms with Crippen LogP contribution in [-0.2, 0) is 4.74 Å². The molecule has 100 valence electrons. The van der Waals surface area contributed by atoms with E-state index in [9.17, 15) is 4.79 Å². The van der Waals surface area contributed by atoms with Crippen molar-refractivity contribution in [2.24, 2.45) is 0 Å². The summed E-state index contributed by atoms with van der Waals surface area (Å²) in [4.78, 5) is 11.8. The Hall–Kier alpha value is -2.37. The van der Waals surface area contributed by atoms with Gasteiger partial charge in [-0.3, -0.25) is 0 Å². The highest BCUT2D eigenvalue weighted by Gasteiger charge is 2.20. The van der Waals surface area contributed by atoms with Crippen LogP contribution < -0.4 is 5.73 Å². The maximum absolute atomic E-state index is 11.8. The number of carbonyl (C=O) groups is 1. The van der Waals surface area contributed by atoms with E-state index in [0.717, 1.165) is 11.3 Å². The Morgan fingerprint density at radius 2 is 2.16 bits per heavy atom. The van der Waals surface area contributed by atoms with Crippen LogP contribution >= 0.6 is 0 Å². The number of rotatable bonds is 3. The summed E-state index contributed by atoms with van der Waals surface area (Å²) >= 11 is 0. The number of carbonyl (C=O) groups excluding carboxylic acids is 1. The number of hydrogen-bond acceptors (Lipinski definition) is 5. The molecule has 1 aromatic carbocycles. The molecule has 0 fully saturated rings. The summed E-state index contributed by atoms with van der Waals surface area (Å²) in [6.45, 7) is 5.49. The highest BCUT2D eigenvalue weighted by atomic mass is 16.5. The first-order valence-corrected chi connectivity index (χ1v) is 5.98. The van der Waals surface area contributed by atoms with Crippen LogP contribution in [0.3, 0.4) is 0 Å². The molecule has 0 unspecified atom stereocenters. The zero-order valence-corrected chi connectivity index (χ0v) is 11.1. The lowest BCUT2D eigenvalue weighted by Crippen LogP contribution is -2.14. The fourth-order valence-corrected chi connectivity index (χ4v) is 1.65. The van der Waals surface area contributed by atoms with Crippen molar-refractivity contribution >= 4 is 11.8 Å². The van der Waals surface area contributed by atoms with Gasteiger partial charge in [-0.1, -0.05) is 17.3 Å². The standard InChI is InChI=1S/C13H16N4O2/c1-8(2)19-13(18)11-12(14)17(16-15-11)10-6-4-5-9(3)7-10/h4-8H,14H2,1-3H3. The van der Waals surface area contributed by atoms with Crippen LogP contribution in [0.1, 0.15) is 29.9 Å². The molecule has 2 aromatic rings. The average molecular weight is 260 g/mol. The number of esters is 1. The van der Waals surface area contributed by atoms with E-state index < -0.39 is 5.97 Å². The third kappa shape index (κ3) is 2.73. The number of ether oxygens (including phenoxy) is 1. The molecule has 0 saturated carbocycles. The van der Waals surface area contributed by atoms with Crippen molar-refractivity contribution in [2.75, 3.05) is 5.73 Å². The highest BCUT2D eigenvalue weighted by Crippen LogP contribution is 2.17. The van der Waals surface area contributed by atoms with Gasteiger partial charge in [-0.25, -0.2) is 4.79 Å². The summed E-state index contributed by atoms with van der Waals surface area (Å²) in [7, 11) is 0. The van der Waals surface area contributed by atoms with E-state index in [1.54, 1.807) is 13.8 Å². The summed E-state index contributed by atoms with van der Waals surface area (Å²) in [5, 5.41) is 7.68. The molecule has 6 heteroatoms. The second kappa shape index (κ2) is 5.09. The van der Waals surface area contributed by atoms with E-state index in [1.807, 2.05) is 31.2 Å². The molecule has 0 spiro atoms. The molecule has 1 aromatic heterocycles. The zero-order chi connectivity index (χ0) is 14.0. The van der Waals surface area contributed by atoms with Gasteiger partial charge in [0, 0.05) is 0 Å². The van der Waals surface area contributed by atoms with Crippen LogP contribution in [0.25, 0.3) is 5.69 Å². The Labute approximate surface area is 111 Å². The van der Waals surface area contributed by atoms with Crippen LogP contribution in [0, 0.1) is 6.92 Å². The molecule has 19 heavy (non-hydrogen) atoms. The van der Waals surface area contributed by atoms with Gasteiger partial charge in [0.1, 0.15) is 0 Å². The molecule has 0 aliphatic heterocycles. The molecule has 0 aliphatic carbocycles. The summed E-state index contributed by atoms with van der Waals surface area (Å²) in [6, 6.07) is 7.60.